The van der Waals surface area contributed by atoms with E-state index in [1.54, 1.807) is 0 Å². The van der Waals surface area contributed by atoms with Gasteiger partial charge in [-0.15, -0.1) is 0 Å². The predicted octanol–water partition coefficient (Wildman–Crippen LogP) is 4.48. The summed E-state index contributed by atoms with van der Waals surface area (Å²) in [6.45, 7) is 12.6. The molecule has 1 aliphatic rings. The van der Waals surface area contributed by atoms with Crippen molar-refractivity contribution in [1.29, 1.82) is 0 Å². The van der Waals surface area contributed by atoms with Gasteiger partial charge in [0.25, 0.3) is 0 Å². The summed E-state index contributed by atoms with van der Waals surface area (Å²) in [6, 6.07) is 0. The fourth-order valence-corrected chi connectivity index (χ4v) is 1.89. The summed E-state index contributed by atoms with van der Waals surface area (Å²) in [5.41, 5.74) is 0.839. The van der Waals surface area contributed by atoms with Crippen LogP contribution >= 0.6 is 0 Å². The Morgan fingerprint density at radius 2 is 1.58 bits per heavy atom. The van der Waals surface area contributed by atoms with E-state index in [0.717, 1.165) is 12.8 Å². The monoisotopic (exact) mass is 262 g/mol. The summed E-state index contributed by atoms with van der Waals surface area (Å²) in [7, 11) is -0.255. The molecule has 0 amide bonds. The lowest BCUT2D eigenvalue weighted by Gasteiger charge is -2.32. The van der Waals surface area contributed by atoms with Crippen LogP contribution in [0.1, 0.15) is 54.4 Å². The molecule has 0 spiro atoms. The molecule has 0 aromatic rings. The van der Waals surface area contributed by atoms with Gasteiger partial charge in [-0.3, -0.25) is 0 Å². The Bertz CT molecular complexity index is 362. The Hall–Kier alpha value is -0.795. The first kappa shape index (κ1) is 16.3. The van der Waals surface area contributed by atoms with E-state index in [1.165, 1.54) is 5.57 Å². The van der Waals surface area contributed by atoms with Gasteiger partial charge in [-0.25, -0.2) is 0 Å². The van der Waals surface area contributed by atoms with Gasteiger partial charge in [-0.05, 0) is 40.5 Å². The summed E-state index contributed by atoms with van der Waals surface area (Å²) in [4.78, 5) is 0. The van der Waals surface area contributed by atoms with Gasteiger partial charge in [-0.2, -0.15) is 0 Å². The number of hydrogen-bond acceptors (Lipinski definition) is 2. The number of allylic oxidation sites excluding steroid dienone is 5. The van der Waals surface area contributed by atoms with Gasteiger partial charge in [0.15, 0.2) is 0 Å². The summed E-state index contributed by atoms with van der Waals surface area (Å²) >= 11 is 0. The molecule has 3 heteroatoms. The van der Waals surface area contributed by atoms with Crippen molar-refractivity contribution in [2.24, 2.45) is 0 Å². The molecule has 2 nitrogen and oxygen atoms in total. The van der Waals surface area contributed by atoms with Crippen LogP contribution in [0.25, 0.3) is 0 Å². The van der Waals surface area contributed by atoms with Gasteiger partial charge in [0.05, 0.1) is 11.2 Å². The molecule has 1 saturated heterocycles. The normalized spacial score (nSPS) is 22.8. The molecule has 1 rings (SSSR count). The molecule has 19 heavy (non-hydrogen) atoms. The maximum absolute atomic E-state index is 5.89. The van der Waals surface area contributed by atoms with Crippen molar-refractivity contribution in [2.75, 3.05) is 0 Å². The molecule has 1 aliphatic heterocycles. The van der Waals surface area contributed by atoms with Gasteiger partial charge in [0.2, 0.25) is 0 Å². The van der Waals surface area contributed by atoms with Gasteiger partial charge in [0, 0.05) is 0 Å². The second-order valence-electron chi connectivity index (χ2n) is 5.91. The highest BCUT2D eigenvalue weighted by Gasteiger charge is 2.49. The summed E-state index contributed by atoms with van der Waals surface area (Å²) in [5.74, 6) is 1.96. The topological polar surface area (TPSA) is 18.5 Å². The third-order valence-corrected chi connectivity index (χ3v) is 3.84. The SMILES string of the molecule is CC/C=C(/C=C/C=C/B1OC(C)(C)C(C)(C)O1)CC. The van der Waals surface area contributed by atoms with Crippen LogP contribution in [-0.2, 0) is 9.31 Å². The standard InChI is InChI=1S/C16H27BO2/c1-7-11-14(8-2)12-9-10-13-17-18-15(3,4)16(5,6)19-17/h9-13H,7-8H2,1-6H3/b12-9+,13-10+,14-11+. The average molecular weight is 262 g/mol. The minimum Gasteiger partial charge on any atom is -0.400 e. The van der Waals surface area contributed by atoms with Crippen LogP contribution in [0.4, 0.5) is 0 Å². The van der Waals surface area contributed by atoms with Crippen molar-refractivity contribution in [2.45, 2.75) is 65.6 Å². The molecule has 0 saturated carbocycles. The lowest BCUT2D eigenvalue weighted by molar-refractivity contribution is 0.00578. The van der Waals surface area contributed by atoms with Crippen molar-refractivity contribution in [3.63, 3.8) is 0 Å². The molecule has 0 unspecified atom stereocenters. The van der Waals surface area contributed by atoms with Crippen LogP contribution in [0.2, 0.25) is 0 Å². The fourth-order valence-electron chi connectivity index (χ4n) is 1.89. The zero-order valence-corrected chi connectivity index (χ0v) is 13.2. The number of rotatable bonds is 5. The zero-order valence-electron chi connectivity index (χ0n) is 13.2. The van der Waals surface area contributed by atoms with Crippen LogP contribution in [0, 0.1) is 0 Å². The van der Waals surface area contributed by atoms with E-state index in [9.17, 15) is 0 Å². The lowest BCUT2D eigenvalue weighted by Crippen LogP contribution is -2.41. The highest BCUT2D eigenvalue weighted by atomic mass is 16.7. The molecule has 1 heterocycles. The largest absolute Gasteiger partial charge is 0.487 e. The number of hydrogen-bond donors (Lipinski definition) is 0. The minimum atomic E-state index is -0.261. The van der Waals surface area contributed by atoms with Crippen molar-refractivity contribution in [3.05, 3.63) is 35.9 Å². The van der Waals surface area contributed by atoms with E-state index in [2.05, 4.69) is 59.8 Å². The molecule has 0 atom stereocenters. The third-order valence-electron chi connectivity index (χ3n) is 3.84. The maximum Gasteiger partial charge on any atom is 0.487 e. The molecule has 106 valence electrons. The minimum absolute atomic E-state index is 0.255. The Balaban J connectivity index is 2.56. The van der Waals surface area contributed by atoms with E-state index in [-0.39, 0.29) is 18.3 Å². The summed E-state index contributed by atoms with van der Waals surface area (Å²) in [5, 5.41) is 0. The molecular formula is C16H27BO2. The van der Waals surface area contributed by atoms with Crippen molar-refractivity contribution < 1.29 is 9.31 Å². The maximum atomic E-state index is 5.89. The highest BCUT2D eigenvalue weighted by Crippen LogP contribution is 2.36. The molecule has 0 radical (unpaired) electrons. The molecule has 0 aromatic carbocycles. The van der Waals surface area contributed by atoms with Gasteiger partial charge in [-0.1, -0.05) is 49.7 Å². The van der Waals surface area contributed by atoms with E-state index >= 15 is 0 Å². The first-order chi connectivity index (χ1) is 8.82. The van der Waals surface area contributed by atoms with Crippen molar-refractivity contribution in [1.82, 2.24) is 0 Å². The first-order valence-electron chi connectivity index (χ1n) is 7.22. The van der Waals surface area contributed by atoms with Gasteiger partial charge in [0.1, 0.15) is 0 Å². The van der Waals surface area contributed by atoms with E-state index in [4.69, 9.17) is 9.31 Å². The predicted molar refractivity (Wildman–Crippen MR) is 83.0 cm³/mol. The molecule has 1 fully saturated rings. The highest BCUT2D eigenvalue weighted by molar-refractivity contribution is 6.51. The van der Waals surface area contributed by atoms with E-state index in [0.29, 0.717) is 0 Å². The third kappa shape index (κ3) is 4.36. The zero-order chi connectivity index (χ0) is 14.5. The van der Waals surface area contributed by atoms with Crippen molar-refractivity contribution in [3.8, 4) is 0 Å². The van der Waals surface area contributed by atoms with Crippen LogP contribution in [0.15, 0.2) is 35.9 Å². The Morgan fingerprint density at radius 3 is 2.05 bits per heavy atom. The molecule has 0 bridgehead atoms. The Labute approximate surface area is 118 Å². The Morgan fingerprint density at radius 1 is 1.00 bits per heavy atom. The van der Waals surface area contributed by atoms with Crippen LogP contribution in [-0.4, -0.2) is 18.3 Å². The summed E-state index contributed by atoms with van der Waals surface area (Å²) in [6.07, 6.45) is 10.6. The second kappa shape index (κ2) is 6.58. The quantitative estimate of drug-likeness (QED) is 0.537. The molecular weight excluding hydrogens is 235 g/mol. The van der Waals surface area contributed by atoms with E-state index < -0.39 is 0 Å². The Kier molecular flexibility index (Phi) is 5.63. The van der Waals surface area contributed by atoms with Crippen LogP contribution < -0.4 is 0 Å². The van der Waals surface area contributed by atoms with Crippen LogP contribution in [0.5, 0.6) is 0 Å². The van der Waals surface area contributed by atoms with Crippen LogP contribution in [0.3, 0.4) is 0 Å². The fraction of sp³-hybridized carbons (Fsp3) is 0.625. The molecule has 0 aliphatic carbocycles. The summed E-state index contributed by atoms with van der Waals surface area (Å²) < 4.78 is 11.8. The second-order valence-corrected chi connectivity index (χ2v) is 5.91. The molecule has 0 N–H and O–H groups in total. The molecule has 0 aromatic heterocycles. The average Bonchev–Trinajstić information content (AvgIpc) is 2.51. The van der Waals surface area contributed by atoms with Crippen molar-refractivity contribution >= 4 is 7.12 Å². The smallest absolute Gasteiger partial charge is 0.400 e. The van der Waals surface area contributed by atoms with Gasteiger partial charge >= 0.3 is 7.12 Å². The lowest BCUT2D eigenvalue weighted by atomic mass is 9.90. The first-order valence-corrected chi connectivity index (χ1v) is 7.22. The van der Waals surface area contributed by atoms with Gasteiger partial charge < -0.3 is 9.31 Å². The van der Waals surface area contributed by atoms with E-state index in [1.807, 2.05) is 12.1 Å².